The van der Waals surface area contributed by atoms with Crippen LogP contribution in [-0.4, -0.2) is 37.1 Å². The number of amides is 2. The molecule has 108 valence electrons. The van der Waals surface area contributed by atoms with Crippen molar-refractivity contribution in [3.8, 4) is 0 Å². The van der Waals surface area contributed by atoms with Crippen LogP contribution in [0, 0.1) is 5.41 Å². The van der Waals surface area contributed by atoms with E-state index in [2.05, 4.69) is 5.32 Å². The molecule has 1 heterocycles. The quantitative estimate of drug-likeness (QED) is 0.634. The summed E-state index contributed by atoms with van der Waals surface area (Å²) in [5.74, 6) is -0.457. The molecule has 2 rings (SSSR count). The highest BCUT2D eigenvalue weighted by atomic mass is 16.5. The zero-order valence-electron chi connectivity index (χ0n) is 11.2. The Kier molecular flexibility index (Phi) is 4.42. The average Bonchev–Trinajstić information content (AvgIpc) is 3.05. The molecule has 0 spiro atoms. The molecule has 1 saturated carbocycles. The molecule has 0 unspecified atom stereocenters. The van der Waals surface area contributed by atoms with Gasteiger partial charge < -0.3 is 21.5 Å². The lowest BCUT2D eigenvalue weighted by molar-refractivity contribution is -0.133. The number of primary amides is 1. The predicted molar refractivity (Wildman–Crippen MR) is 70.1 cm³/mol. The Hall–Kier alpha value is -1.14. The summed E-state index contributed by atoms with van der Waals surface area (Å²) in [6, 6.07) is 0. The topological polar surface area (TPSA) is 107 Å². The van der Waals surface area contributed by atoms with Crippen LogP contribution >= 0.6 is 0 Å². The number of ether oxygens (including phenoxy) is 1. The molecule has 19 heavy (non-hydrogen) atoms. The molecule has 0 aromatic carbocycles. The van der Waals surface area contributed by atoms with Crippen molar-refractivity contribution in [1.82, 2.24) is 5.32 Å². The number of carbonyl (C=O) groups is 2. The van der Waals surface area contributed by atoms with Gasteiger partial charge in [-0.2, -0.15) is 0 Å². The smallest absolute Gasteiger partial charge is 0.249 e. The second kappa shape index (κ2) is 5.88. The molecular formula is C13H23N3O3. The van der Waals surface area contributed by atoms with Gasteiger partial charge in [0, 0.05) is 13.1 Å². The normalized spacial score (nSPS) is 29.3. The van der Waals surface area contributed by atoms with E-state index in [1.807, 2.05) is 0 Å². The standard InChI is InChI=1S/C13H23N3O3/c14-7-9-3-4-10(19-9)11(17)16-8-13(12(15)18)5-1-2-6-13/h9-10H,1-8,14H2,(H2,15,18)(H,16,17)/t9-,10+/m1/s1. The van der Waals surface area contributed by atoms with Crippen LogP contribution < -0.4 is 16.8 Å². The van der Waals surface area contributed by atoms with Gasteiger partial charge in [-0.15, -0.1) is 0 Å². The maximum Gasteiger partial charge on any atom is 0.249 e. The van der Waals surface area contributed by atoms with Crippen LogP contribution in [0.2, 0.25) is 0 Å². The molecule has 0 aromatic heterocycles. The zero-order chi connectivity index (χ0) is 13.9. The number of nitrogens with one attached hydrogen (secondary N) is 1. The van der Waals surface area contributed by atoms with Gasteiger partial charge in [-0.1, -0.05) is 12.8 Å². The number of rotatable bonds is 5. The maximum atomic E-state index is 12.0. The molecule has 5 N–H and O–H groups in total. The minimum atomic E-state index is -0.554. The van der Waals surface area contributed by atoms with E-state index in [-0.39, 0.29) is 17.9 Å². The van der Waals surface area contributed by atoms with Crippen LogP contribution in [0.3, 0.4) is 0 Å². The van der Waals surface area contributed by atoms with Crippen LogP contribution in [0.1, 0.15) is 38.5 Å². The maximum absolute atomic E-state index is 12.0. The van der Waals surface area contributed by atoms with Crippen molar-refractivity contribution < 1.29 is 14.3 Å². The van der Waals surface area contributed by atoms with Gasteiger partial charge in [0.2, 0.25) is 11.8 Å². The highest BCUT2D eigenvalue weighted by molar-refractivity contribution is 5.84. The number of carbonyl (C=O) groups excluding carboxylic acids is 2. The summed E-state index contributed by atoms with van der Waals surface area (Å²) in [4.78, 5) is 23.6. The van der Waals surface area contributed by atoms with Crippen molar-refractivity contribution in [2.75, 3.05) is 13.1 Å². The van der Waals surface area contributed by atoms with E-state index < -0.39 is 11.5 Å². The van der Waals surface area contributed by atoms with Crippen LogP contribution in [0.25, 0.3) is 0 Å². The molecule has 0 aromatic rings. The van der Waals surface area contributed by atoms with E-state index in [9.17, 15) is 9.59 Å². The number of hydrogen-bond acceptors (Lipinski definition) is 4. The highest BCUT2D eigenvalue weighted by Gasteiger charge is 2.40. The van der Waals surface area contributed by atoms with E-state index in [4.69, 9.17) is 16.2 Å². The Morgan fingerprint density at radius 2 is 1.95 bits per heavy atom. The van der Waals surface area contributed by atoms with Crippen molar-refractivity contribution >= 4 is 11.8 Å². The molecule has 2 aliphatic rings. The minimum absolute atomic E-state index is 0.0210. The van der Waals surface area contributed by atoms with Gasteiger partial charge in [-0.25, -0.2) is 0 Å². The molecule has 2 fully saturated rings. The van der Waals surface area contributed by atoms with Gasteiger partial charge in [0.05, 0.1) is 11.5 Å². The lowest BCUT2D eigenvalue weighted by Crippen LogP contribution is -2.47. The third-order valence-corrected chi connectivity index (χ3v) is 4.35. The Bertz CT molecular complexity index is 353. The van der Waals surface area contributed by atoms with Crippen molar-refractivity contribution in [2.24, 2.45) is 16.9 Å². The summed E-state index contributed by atoms with van der Waals surface area (Å²) < 4.78 is 5.53. The molecule has 6 nitrogen and oxygen atoms in total. The molecule has 0 bridgehead atoms. The van der Waals surface area contributed by atoms with Gasteiger partial charge in [-0.3, -0.25) is 9.59 Å². The van der Waals surface area contributed by atoms with Gasteiger partial charge >= 0.3 is 0 Å². The number of nitrogens with two attached hydrogens (primary N) is 2. The SMILES string of the molecule is NC[C@H]1CC[C@@H](C(=O)NCC2(C(N)=O)CCCC2)O1. The van der Waals surface area contributed by atoms with Gasteiger partial charge in [0.15, 0.2) is 0 Å². The fourth-order valence-electron chi connectivity index (χ4n) is 3.00. The summed E-state index contributed by atoms with van der Waals surface area (Å²) >= 11 is 0. The Balaban J connectivity index is 1.84. The van der Waals surface area contributed by atoms with E-state index >= 15 is 0 Å². The molecule has 2 atom stereocenters. The summed E-state index contributed by atoms with van der Waals surface area (Å²) in [6.45, 7) is 0.767. The van der Waals surface area contributed by atoms with Crippen LogP contribution in [0.15, 0.2) is 0 Å². The monoisotopic (exact) mass is 269 g/mol. The van der Waals surface area contributed by atoms with Crippen LogP contribution in [-0.2, 0) is 14.3 Å². The molecule has 1 saturated heterocycles. The summed E-state index contributed by atoms with van der Waals surface area (Å²) in [5, 5.41) is 2.83. The van der Waals surface area contributed by atoms with Gasteiger partial charge in [0.1, 0.15) is 6.10 Å². The molecule has 1 aliphatic carbocycles. The first-order valence-electron chi connectivity index (χ1n) is 7.00. The average molecular weight is 269 g/mol. The first-order valence-corrected chi connectivity index (χ1v) is 7.00. The van der Waals surface area contributed by atoms with Crippen LogP contribution in [0.4, 0.5) is 0 Å². The molecule has 1 aliphatic heterocycles. The Morgan fingerprint density at radius 3 is 2.47 bits per heavy atom. The highest BCUT2D eigenvalue weighted by Crippen LogP contribution is 2.37. The van der Waals surface area contributed by atoms with E-state index in [1.54, 1.807) is 0 Å². The van der Waals surface area contributed by atoms with Crippen molar-refractivity contribution in [3.63, 3.8) is 0 Å². The van der Waals surface area contributed by atoms with Gasteiger partial charge in [-0.05, 0) is 25.7 Å². The van der Waals surface area contributed by atoms with Crippen molar-refractivity contribution in [2.45, 2.75) is 50.7 Å². The van der Waals surface area contributed by atoms with Crippen molar-refractivity contribution in [3.05, 3.63) is 0 Å². The van der Waals surface area contributed by atoms with Crippen molar-refractivity contribution in [1.29, 1.82) is 0 Å². The Morgan fingerprint density at radius 1 is 1.26 bits per heavy atom. The first kappa shape index (κ1) is 14.3. The predicted octanol–water partition coefficient (Wildman–Crippen LogP) is -0.345. The Labute approximate surface area is 113 Å². The molecule has 6 heteroatoms. The molecular weight excluding hydrogens is 246 g/mol. The fourth-order valence-corrected chi connectivity index (χ4v) is 3.00. The largest absolute Gasteiger partial charge is 0.369 e. The second-order valence-electron chi connectivity index (χ2n) is 5.63. The third-order valence-electron chi connectivity index (χ3n) is 4.35. The summed E-state index contributed by atoms with van der Waals surface area (Å²) in [7, 11) is 0. The fraction of sp³-hybridized carbons (Fsp3) is 0.846. The summed E-state index contributed by atoms with van der Waals surface area (Å²) in [5.41, 5.74) is 10.4. The lowest BCUT2D eigenvalue weighted by Gasteiger charge is -2.26. The zero-order valence-corrected chi connectivity index (χ0v) is 11.2. The van der Waals surface area contributed by atoms with E-state index in [0.29, 0.717) is 19.5 Å². The van der Waals surface area contributed by atoms with Crippen LogP contribution in [0.5, 0.6) is 0 Å². The number of hydrogen-bond donors (Lipinski definition) is 3. The van der Waals surface area contributed by atoms with Gasteiger partial charge in [0.25, 0.3) is 0 Å². The van der Waals surface area contributed by atoms with E-state index in [0.717, 1.165) is 32.1 Å². The van der Waals surface area contributed by atoms with E-state index in [1.165, 1.54) is 0 Å². The first-order chi connectivity index (χ1) is 9.07. The molecule has 2 amide bonds. The summed E-state index contributed by atoms with van der Waals surface area (Å²) in [6.07, 6.45) is 4.57. The molecule has 0 radical (unpaired) electrons. The lowest BCUT2D eigenvalue weighted by atomic mass is 9.85. The second-order valence-corrected chi connectivity index (χ2v) is 5.63. The third kappa shape index (κ3) is 3.06. The minimum Gasteiger partial charge on any atom is -0.369 e.